The number of anilines is 1. The lowest BCUT2D eigenvalue weighted by Crippen LogP contribution is -1.96. The van der Waals surface area contributed by atoms with E-state index in [2.05, 4.69) is 19.9 Å². The zero-order valence-electron chi connectivity index (χ0n) is 8.91. The lowest BCUT2D eigenvalue weighted by atomic mass is 10.2. The van der Waals surface area contributed by atoms with Crippen molar-refractivity contribution in [2.24, 2.45) is 0 Å². The molecule has 0 aliphatic heterocycles. The van der Waals surface area contributed by atoms with Crippen molar-refractivity contribution in [3.05, 3.63) is 42.9 Å². The number of rotatable bonds is 1. The Hall–Kier alpha value is -2.56. The molecule has 0 saturated carbocycles. The largest absolute Gasteiger partial charge is 0.396 e. The van der Waals surface area contributed by atoms with E-state index in [9.17, 15) is 0 Å². The summed E-state index contributed by atoms with van der Waals surface area (Å²) >= 11 is 0. The average Bonchev–Trinajstić information content (AvgIpc) is 2.39. The Bertz CT molecular complexity index is 663. The standard InChI is InChI=1S/C12H9N5/c13-9-6-15-11(16-7-9)12-14-5-8-3-1-2-4-10(8)17-12/h1-7H,13H2. The fourth-order valence-electron chi connectivity index (χ4n) is 1.53. The molecule has 5 nitrogen and oxygen atoms in total. The number of hydrogen-bond acceptors (Lipinski definition) is 5. The smallest absolute Gasteiger partial charge is 0.198 e. The van der Waals surface area contributed by atoms with E-state index in [1.807, 2.05) is 24.3 Å². The number of nitrogen functional groups attached to an aromatic ring is 1. The molecule has 2 aromatic heterocycles. The van der Waals surface area contributed by atoms with Crippen LogP contribution in [-0.4, -0.2) is 19.9 Å². The Balaban J connectivity index is 2.14. The number of fused-ring (bicyclic) bond motifs is 1. The summed E-state index contributed by atoms with van der Waals surface area (Å²) in [6.45, 7) is 0. The number of aromatic nitrogens is 4. The van der Waals surface area contributed by atoms with E-state index in [-0.39, 0.29) is 0 Å². The predicted octanol–water partition coefficient (Wildman–Crippen LogP) is 1.67. The molecule has 3 aromatic rings. The summed E-state index contributed by atoms with van der Waals surface area (Å²) in [4.78, 5) is 16.8. The first-order valence-electron chi connectivity index (χ1n) is 5.12. The zero-order valence-corrected chi connectivity index (χ0v) is 8.91. The van der Waals surface area contributed by atoms with Crippen LogP contribution in [0.25, 0.3) is 22.6 Å². The maximum Gasteiger partial charge on any atom is 0.198 e. The highest BCUT2D eigenvalue weighted by atomic mass is 15.0. The number of nitrogens with two attached hydrogens (primary N) is 1. The second kappa shape index (κ2) is 3.79. The molecule has 82 valence electrons. The molecule has 1 aromatic carbocycles. The van der Waals surface area contributed by atoms with Crippen LogP contribution in [-0.2, 0) is 0 Å². The second-order valence-corrected chi connectivity index (χ2v) is 3.59. The third-order valence-corrected chi connectivity index (χ3v) is 2.36. The summed E-state index contributed by atoms with van der Waals surface area (Å²) in [5, 5.41) is 0.992. The highest BCUT2D eigenvalue weighted by Crippen LogP contribution is 2.14. The molecule has 3 rings (SSSR count). The van der Waals surface area contributed by atoms with E-state index in [0.29, 0.717) is 17.3 Å². The first kappa shape index (κ1) is 9.65. The quantitative estimate of drug-likeness (QED) is 0.679. The van der Waals surface area contributed by atoms with Gasteiger partial charge in [0, 0.05) is 11.6 Å². The summed E-state index contributed by atoms with van der Waals surface area (Å²) in [6.07, 6.45) is 4.85. The predicted molar refractivity (Wildman–Crippen MR) is 65.0 cm³/mol. The van der Waals surface area contributed by atoms with Crippen molar-refractivity contribution < 1.29 is 0 Å². The van der Waals surface area contributed by atoms with Crippen LogP contribution in [0.1, 0.15) is 0 Å². The van der Waals surface area contributed by atoms with Gasteiger partial charge in [-0.1, -0.05) is 18.2 Å². The molecule has 0 aliphatic carbocycles. The van der Waals surface area contributed by atoms with E-state index < -0.39 is 0 Å². The third-order valence-electron chi connectivity index (χ3n) is 2.36. The maximum atomic E-state index is 5.53. The van der Waals surface area contributed by atoms with Crippen LogP contribution < -0.4 is 5.73 Å². The van der Waals surface area contributed by atoms with E-state index in [1.54, 1.807) is 18.6 Å². The summed E-state index contributed by atoms with van der Waals surface area (Å²) in [5.41, 5.74) is 6.93. The van der Waals surface area contributed by atoms with Gasteiger partial charge in [0.25, 0.3) is 0 Å². The summed E-state index contributed by atoms with van der Waals surface area (Å²) in [6, 6.07) is 7.77. The molecule has 17 heavy (non-hydrogen) atoms. The molecule has 0 saturated heterocycles. The Morgan fingerprint density at radius 1 is 0.824 bits per heavy atom. The topological polar surface area (TPSA) is 77.6 Å². The van der Waals surface area contributed by atoms with Gasteiger partial charge in [0.05, 0.1) is 23.6 Å². The van der Waals surface area contributed by atoms with Gasteiger partial charge in [-0.3, -0.25) is 0 Å². The molecule has 0 unspecified atom stereocenters. The van der Waals surface area contributed by atoms with Gasteiger partial charge in [0.1, 0.15) is 0 Å². The van der Waals surface area contributed by atoms with Crippen LogP contribution in [0.4, 0.5) is 5.69 Å². The Labute approximate surface area is 97.4 Å². The van der Waals surface area contributed by atoms with Crippen molar-refractivity contribution in [1.29, 1.82) is 0 Å². The first-order chi connectivity index (χ1) is 8.33. The molecular formula is C12H9N5. The van der Waals surface area contributed by atoms with Gasteiger partial charge in [-0.2, -0.15) is 0 Å². The monoisotopic (exact) mass is 223 g/mol. The Morgan fingerprint density at radius 3 is 2.35 bits per heavy atom. The Kier molecular flexibility index (Phi) is 2.15. The van der Waals surface area contributed by atoms with E-state index >= 15 is 0 Å². The normalized spacial score (nSPS) is 10.6. The van der Waals surface area contributed by atoms with Gasteiger partial charge in [0.15, 0.2) is 11.6 Å². The number of hydrogen-bond donors (Lipinski definition) is 1. The number of nitrogens with zero attached hydrogens (tertiary/aromatic N) is 4. The zero-order chi connectivity index (χ0) is 11.7. The van der Waals surface area contributed by atoms with E-state index in [4.69, 9.17) is 5.73 Å². The SMILES string of the molecule is Nc1cnc(-c2ncc3ccccc3n2)nc1. The highest BCUT2D eigenvalue weighted by Gasteiger charge is 2.05. The molecule has 0 radical (unpaired) electrons. The Morgan fingerprint density at radius 2 is 1.53 bits per heavy atom. The molecule has 2 N–H and O–H groups in total. The van der Waals surface area contributed by atoms with Gasteiger partial charge in [0.2, 0.25) is 0 Å². The molecule has 0 atom stereocenters. The van der Waals surface area contributed by atoms with Crippen LogP contribution in [0.5, 0.6) is 0 Å². The van der Waals surface area contributed by atoms with Crippen molar-refractivity contribution in [3.63, 3.8) is 0 Å². The highest BCUT2D eigenvalue weighted by molar-refractivity contribution is 5.78. The molecule has 5 heteroatoms. The summed E-state index contributed by atoms with van der Waals surface area (Å²) in [5.74, 6) is 0.980. The number of benzene rings is 1. The van der Waals surface area contributed by atoms with Crippen molar-refractivity contribution in [2.75, 3.05) is 5.73 Å². The fraction of sp³-hybridized carbons (Fsp3) is 0. The van der Waals surface area contributed by atoms with Crippen molar-refractivity contribution in [2.45, 2.75) is 0 Å². The van der Waals surface area contributed by atoms with Gasteiger partial charge < -0.3 is 5.73 Å². The van der Waals surface area contributed by atoms with Gasteiger partial charge in [-0.15, -0.1) is 0 Å². The van der Waals surface area contributed by atoms with Crippen LogP contribution in [0, 0.1) is 0 Å². The molecule has 0 fully saturated rings. The van der Waals surface area contributed by atoms with Gasteiger partial charge in [-0.05, 0) is 6.07 Å². The van der Waals surface area contributed by atoms with Crippen molar-refractivity contribution >= 4 is 16.6 Å². The van der Waals surface area contributed by atoms with E-state index in [1.165, 1.54) is 0 Å². The first-order valence-corrected chi connectivity index (χ1v) is 5.12. The van der Waals surface area contributed by atoms with Crippen molar-refractivity contribution in [1.82, 2.24) is 19.9 Å². The molecule has 2 heterocycles. The van der Waals surface area contributed by atoms with Crippen molar-refractivity contribution in [3.8, 4) is 11.6 Å². The minimum absolute atomic E-state index is 0.477. The molecular weight excluding hydrogens is 214 g/mol. The summed E-state index contributed by atoms with van der Waals surface area (Å²) in [7, 11) is 0. The fourth-order valence-corrected chi connectivity index (χ4v) is 1.53. The average molecular weight is 223 g/mol. The molecule has 0 spiro atoms. The van der Waals surface area contributed by atoms with Gasteiger partial charge >= 0.3 is 0 Å². The summed E-state index contributed by atoms with van der Waals surface area (Å²) < 4.78 is 0. The van der Waals surface area contributed by atoms with Gasteiger partial charge in [-0.25, -0.2) is 19.9 Å². The molecule has 0 amide bonds. The van der Waals surface area contributed by atoms with Crippen LogP contribution >= 0.6 is 0 Å². The van der Waals surface area contributed by atoms with Crippen LogP contribution in [0.2, 0.25) is 0 Å². The minimum atomic E-state index is 0.477. The van der Waals surface area contributed by atoms with Crippen LogP contribution in [0.3, 0.4) is 0 Å². The minimum Gasteiger partial charge on any atom is -0.396 e. The third kappa shape index (κ3) is 1.78. The second-order valence-electron chi connectivity index (χ2n) is 3.59. The molecule has 0 aliphatic rings. The maximum absolute atomic E-state index is 5.53. The molecule has 0 bridgehead atoms. The van der Waals surface area contributed by atoms with E-state index in [0.717, 1.165) is 10.9 Å². The lowest BCUT2D eigenvalue weighted by Gasteiger charge is -2.00. The van der Waals surface area contributed by atoms with Crippen LogP contribution in [0.15, 0.2) is 42.9 Å². The number of para-hydroxylation sites is 1. The lowest BCUT2D eigenvalue weighted by molar-refractivity contribution is 1.10.